The number of rotatable bonds is 6. The minimum atomic E-state index is -0.154. The van der Waals surface area contributed by atoms with Gasteiger partial charge >= 0.3 is 0 Å². The number of hydrogen-bond acceptors (Lipinski definition) is 5. The minimum absolute atomic E-state index is 0.0158. The lowest BCUT2D eigenvalue weighted by Gasteiger charge is -2.11. The summed E-state index contributed by atoms with van der Waals surface area (Å²) in [6, 6.07) is 1.89. The van der Waals surface area contributed by atoms with Crippen molar-refractivity contribution in [1.82, 2.24) is 14.9 Å². The SMILES string of the molecule is CCc1cc2c(=O)n(CC(=O)NCC(C)C)c(SC)nc2s1. The summed E-state index contributed by atoms with van der Waals surface area (Å²) in [6.07, 6.45) is 2.74. The second kappa shape index (κ2) is 7.28. The van der Waals surface area contributed by atoms with Crippen LogP contribution in [0.3, 0.4) is 0 Å². The van der Waals surface area contributed by atoms with E-state index in [0.29, 0.717) is 23.0 Å². The summed E-state index contributed by atoms with van der Waals surface area (Å²) in [5.41, 5.74) is -0.134. The predicted molar refractivity (Wildman–Crippen MR) is 92.9 cm³/mol. The summed E-state index contributed by atoms with van der Waals surface area (Å²) < 4.78 is 1.47. The molecule has 0 radical (unpaired) electrons. The fraction of sp³-hybridized carbons (Fsp3) is 0.533. The minimum Gasteiger partial charge on any atom is -0.354 e. The summed E-state index contributed by atoms with van der Waals surface area (Å²) in [7, 11) is 0. The number of aromatic nitrogens is 2. The van der Waals surface area contributed by atoms with Crippen LogP contribution < -0.4 is 10.9 Å². The lowest BCUT2D eigenvalue weighted by atomic mass is 10.2. The van der Waals surface area contributed by atoms with Crippen LogP contribution in [0.25, 0.3) is 10.2 Å². The van der Waals surface area contributed by atoms with Crippen LogP contribution in [-0.4, -0.2) is 28.3 Å². The van der Waals surface area contributed by atoms with Gasteiger partial charge in [-0.3, -0.25) is 14.2 Å². The van der Waals surface area contributed by atoms with E-state index in [4.69, 9.17) is 0 Å². The highest BCUT2D eigenvalue weighted by molar-refractivity contribution is 7.98. The number of hydrogen-bond donors (Lipinski definition) is 1. The van der Waals surface area contributed by atoms with E-state index in [1.165, 1.54) is 16.3 Å². The number of nitrogens with one attached hydrogen (secondary N) is 1. The Morgan fingerprint density at radius 3 is 2.82 bits per heavy atom. The molecular weight excluding hydrogens is 318 g/mol. The summed E-state index contributed by atoms with van der Waals surface area (Å²) in [6.45, 7) is 6.74. The molecule has 0 unspecified atom stereocenters. The van der Waals surface area contributed by atoms with Gasteiger partial charge in [0, 0.05) is 11.4 Å². The third-order valence-corrected chi connectivity index (χ3v) is 5.06. The van der Waals surface area contributed by atoms with Crippen molar-refractivity contribution in [3.05, 3.63) is 21.3 Å². The summed E-state index contributed by atoms with van der Waals surface area (Å²) in [4.78, 5) is 31.1. The fourth-order valence-corrected chi connectivity index (χ4v) is 3.60. The molecule has 22 heavy (non-hydrogen) atoms. The third kappa shape index (κ3) is 3.70. The molecule has 1 N–H and O–H groups in total. The van der Waals surface area contributed by atoms with Crippen LogP contribution in [0.2, 0.25) is 0 Å². The predicted octanol–water partition coefficient (Wildman–Crippen LogP) is 2.51. The van der Waals surface area contributed by atoms with Gasteiger partial charge in [0.15, 0.2) is 5.16 Å². The standard InChI is InChI=1S/C15H21N3O2S2/c1-5-10-6-11-13(22-10)17-15(21-4)18(14(11)20)8-12(19)16-7-9(2)3/h6,9H,5,7-8H2,1-4H3,(H,16,19). The van der Waals surface area contributed by atoms with Crippen LogP contribution in [0, 0.1) is 5.92 Å². The van der Waals surface area contributed by atoms with E-state index in [-0.39, 0.29) is 18.0 Å². The molecule has 2 rings (SSSR count). The van der Waals surface area contributed by atoms with Crippen molar-refractivity contribution in [3.63, 3.8) is 0 Å². The number of thiophene rings is 1. The van der Waals surface area contributed by atoms with Gasteiger partial charge in [-0.1, -0.05) is 32.5 Å². The number of thioether (sulfide) groups is 1. The molecule has 0 bridgehead atoms. The van der Waals surface area contributed by atoms with Crippen molar-refractivity contribution in [1.29, 1.82) is 0 Å². The molecule has 2 aromatic rings. The van der Waals surface area contributed by atoms with Gasteiger partial charge in [0.1, 0.15) is 11.4 Å². The van der Waals surface area contributed by atoms with Gasteiger partial charge in [-0.25, -0.2) is 4.98 Å². The highest BCUT2D eigenvalue weighted by Gasteiger charge is 2.15. The van der Waals surface area contributed by atoms with Crippen molar-refractivity contribution in [2.24, 2.45) is 5.92 Å². The van der Waals surface area contributed by atoms with Gasteiger partial charge in [0.05, 0.1) is 5.39 Å². The Labute approximate surface area is 138 Å². The van der Waals surface area contributed by atoms with Gasteiger partial charge in [-0.05, 0) is 24.7 Å². The zero-order valence-electron chi connectivity index (χ0n) is 13.3. The average molecular weight is 339 g/mol. The van der Waals surface area contributed by atoms with E-state index in [1.54, 1.807) is 11.3 Å². The van der Waals surface area contributed by atoms with Crippen molar-refractivity contribution in [2.75, 3.05) is 12.8 Å². The van der Waals surface area contributed by atoms with Gasteiger partial charge in [0.25, 0.3) is 5.56 Å². The first-order chi connectivity index (χ1) is 10.5. The lowest BCUT2D eigenvalue weighted by Crippen LogP contribution is -2.35. The summed E-state index contributed by atoms with van der Waals surface area (Å²) in [5.74, 6) is 0.225. The fourth-order valence-electron chi connectivity index (χ4n) is 2.03. The Morgan fingerprint density at radius 2 is 2.23 bits per heavy atom. The molecule has 0 saturated heterocycles. The van der Waals surface area contributed by atoms with Crippen molar-refractivity contribution < 1.29 is 4.79 Å². The van der Waals surface area contributed by atoms with Crippen molar-refractivity contribution in [2.45, 2.75) is 38.9 Å². The molecule has 1 amide bonds. The Balaban J connectivity index is 2.37. The molecule has 7 heteroatoms. The Hall–Kier alpha value is -1.34. The van der Waals surface area contributed by atoms with E-state index in [0.717, 1.165) is 16.1 Å². The Morgan fingerprint density at radius 1 is 1.50 bits per heavy atom. The normalized spacial score (nSPS) is 11.3. The van der Waals surface area contributed by atoms with Crippen molar-refractivity contribution >= 4 is 39.2 Å². The second-order valence-corrected chi connectivity index (χ2v) is 7.36. The molecule has 0 atom stereocenters. The first kappa shape index (κ1) is 17.0. The smallest absolute Gasteiger partial charge is 0.263 e. The van der Waals surface area contributed by atoms with Crippen molar-refractivity contribution in [3.8, 4) is 0 Å². The monoisotopic (exact) mass is 339 g/mol. The first-order valence-corrected chi connectivity index (χ1v) is 9.34. The zero-order valence-corrected chi connectivity index (χ0v) is 14.9. The number of aryl methyl sites for hydroxylation is 1. The molecule has 0 aliphatic carbocycles. The molecule has 0 fully saturated rings. The number of fused-ring (bicyclic) bond motifs is 1. The lowest BCUT2D eigenvalue weighted by molar-refractivity contribution is -0.122. The van der Waals surface area contributed by atoms with Crippen LogP contribution in [0.4, 0.5) is 0 Å². The maximum absolute atomic E-state index is 12.6. The third-order valence-electron chi connectivity index (χ3n) is 3.21. The van der Waals surface area contributed by atoms with E-state index >= 15 is 0 Å². The molecule has 0 saturated carbocycles. The van der Waals surface area contributed by atoms with Gasteiger partial charge in [-0.2, -0.15) is 0 Å². The van der Waals surface area contributed by atoms with Crippen LogP contribution in [0.1, 0.15) is 25.6 Å². The second-order valence-electron chi connectivity index (χ2n) is 5.47. The number of carbonyl (C=O) groups excluding carboxylic acids is 1. The maximum atomic E-state index is 12.6. The number of nitrogens with zero attached hydrogens (tertiary/aromatic N) is 2. The van der Waals surface area contributed by atoms with Gasteiger partial charge in [0.2, 0.25) is 5.91 Å². The summed E-state index contributed by atoms with van der Waals surface area (Å²) in [5, 5.41) is 4.03. The molecular formula is C15H21N3O2S2. The summed E-state index contributed by atoms with van der Waals surface area (Å²) >= 11 is 2.93. The molecule has 0 aliphatic rings. The molecule has 2 heterocycles. The van der Waals surface area contributed by atoms with Crippen LogP contribution in [0.15, 0.2) is 16.0 Å². The van der Waals surface area contributed by atoms with E-state index < -0.39 is 0 Å². The topological polar surface area (TPSA) is 64.0 Å². The molecule has 5 nitrogen and oxygen atoms in total. The first-order valence-electron chi connectivity index (χ1n) is 7.30. The van der Waals surface area contributed by atoms with E-state index in [2.05, 4.69) is 17.2 Å². The highest BCUT2D eigenvalue weighted by atomic mass is 32.2. The zero-order chi connectivity index (χ0) is 16.3. The van der Waals surface area contributed by atoms with E-state index in [9.17, 15) is 9.59 Å². The van der Waals surface area contributed by atoms with Gasteiger partial charge in [-0.15, -0.1) is 11.3 Å². The molecule has 0 spiro atoms. The number of carbonyl (C=O) groups is 1. The Bertz CT molecular complexity index is 734. The molecule has 0 aliphatic heterocycles. The highest BCUT2D eigenvalue weighted by Crippen LogP contribution is 2.24. The largest absolute Gasteiger partial charge is 0.354 e. The van der Waals surface area contributed by atoms with Gasteiger partial charge < -0.3 is 5.32 Å². The molecule has 0 aromatic carbocycles. The average Bonchev–Trinajstić information content (AvgIpc) is 2.91. The van der Waals surface area contributed by atoms with Crippen LogP contribution in [-0.2, 0) is 17.8 Å². The maximum Gasteiger partial charge on any atom is 0.263 e. The molecule has 2 aromatic heterocycles. The molecule has 120 valence electrons. The quantitative estimate of drug-likeness (QED) is 0.649. The van der Waals surface area contributed by atoms with Crippen LogP contribution >= 0.6 is 23.1 Å². The number of amides is 1. The van der Waals surface area contributed by atoms with E-state index in [1.807, 2.05) is 26.2 Å². The Kier molecular flexibility index (Phi) is 5.63. The van der Waals surface area contributed by atoms with Crippen LogP contribution in [0.5, 0.6) is 0 Å².